The van der Waals surface area contributed by atoms with Crippen LogP contribution in [0.25, 0.3) is 0 Å². The second-order valence-electron chi connectivity index (χ2n) is 7.71. The Morgan fingerprint density at radius 1 is 1.15 bits per heavy atom. The van der Waals surface area contributed by atoms with E-state index in [2.05, 4.69) is 0 Å². The van der Waals surface area contributed by atoms with Gasteiger partial charge in [-0.25, -0.2) is 0 Å². The Balaban J connectivity index is 2.08. The molecule has 1 heterocycles. The van der Waals surface area contributed by atoms with E-state index in [1.54, 1.807) is 38.1 Å². The number of halogens is 3. The van der Waals surface area contributed by atoms with E-state index in [-0.39, 0.29) is 25.1 Å². The molecule has 0 spiro atoms. The Morgan fingerprint density at radius 3 is 2.26 bits per heavy atom. The molecule has 1 aromatic carbocycles. The lowest BCUT2D eigenvalue weighted by Crippen LogP contribution is -2.55. The number of carbonyl (C=O) groups excluding carboxylic acids is 2. The molecule has 0 saturated heterocycles. The summed E-state index contributed by atoms with van der Waals surface area (Å²) >= 11 is 0. The Kier molecular flexibility index (Phi) is 4.38. The third-order valence-electron chi connectivity index (χ3n) is 5.00. The molecule has 27 heavy (non-hydrogen) atoms. The summed E-state index contributed by atoms with van der Waals surface area (Å²) in [6.45, 7) is 3.31. The first-order chi connectivity index (χ1) is 12.4. The molecule has 1 atom stereocenters. The smallest absolute Gasteiger partial charge is 0.430 e. The number of alkyl halides is 3. The minimum absolute atomic E-state index is 0.0445. The fourth-order valence-corrected chi connectivity index (χ4v) is 3.70. The standard InChI is InChI=1S/C19H20F3NO4/c1-17(2)8-13-15(14(24)9-17)18(26,19(20,21)22)16(25)23(13)10-11-4-6-12(27-3)7-5-11/h4-7,26H,8-10H2,1-3H3/t18-/m1/s1. The van der Waals surface area contributed by atoms with Crippen molar-refractivity contribution < 1.29 is 32.6 Å². The molecule has 0 unspecified atom stereocenters. The molecule has 2 aliphatic rings. The zero-order valence-corrected chi connectivity index (χ0v) is 15.2. The molecule has 146 valence electrons. The number of hydrogen-bond acceptors (Lipinski definition) is 4. The van der Waals surface area contributed by atoms with Crippen LogP contribution in [-0.4, -0.2) is 40.6 Å². The van der Waals surface area contributed by atoms with E-state index in [0.717, 1.165) is 4.90 Å². The minimum Gasteiger partial charge on any atom is -0.497 e. The van der Waals surface area contributed by atoms with Gasteiger partial charge >= 0.3 is 6.18 Å². The Bertz CT molecular complexity index is 826. The average molecular weight is 383 g/mol. The maximum atomic E-state index is 13.6. The summed E-state index contributed by atoms with van der Waals surface area (Å²) in [5, 5.41) is 10.3. The maximum Gasteiger partial charge on any atom is 0.430 e. The topological polar surface area (TPSA) is 66.8 Å². The number of ether oxygens (including phenoxy) is 1. The van der Waals surface area contributed by atoms with Crippen LogP contribution < -0.4 is 4.74 Å². The molecular formula is C19H20F3NO4. The molecule has 1 amide bonds. The summed E-state index contributed by atoms with van der Waals surface area (Å²) in [6, 6.07) is 6.48. The van der Waals surface area contributed by atoms with E-state index in [9.17, 15) is 27.9 Å². The van der Waals surface area contributed by atoms with Crippen molar-refractivity contribution in [2.24, 2.45) is 5.41 Å². The van der Waals surface area contributed by atoms with Crippen LogP contribution in [-0.2, 0) is 16.1 Å². The zero-order valence-electron chi connectivity index (χ0n) is 15.2. The molecule has 3 rings (SSSR count). The first kappa shape index (κ1) is 19.4. The predicted molar refractivity (Wildman–Crippen MR) is 89.6 cm³/mol. The highest BCUT2D eigenvalue weighted by Crippen LogP contribution is 2.51. The summed E-state index contributed by atoms with van der Waals surface area (Å²) in [6.07, 6.45) is -5.35. The highest BCUT2D eigenvalue weighted by molar-refractivity contribution is 6.11. The van der Waals surface area contributed by atoms with Gasteiger partial charge in [-0.3, -0.25) is 9.59 Å². The SMILES string of the molecule is COc1ccc(CN2C(=O)[C@@](O)(C(F)(F)F)C3=C2CC(C)(C)CC3=O)cc1. The minimum atomic E-state index is -5.28. The van der Waals surface area contributed by atoms with Gasteiger partial charge in [0.2, 0.25) is 0 Å². The lowest BCUT2D eigenvalue weighted by Gasteiger charge is -2.33. The molecule has 8 heteroatoms. The van der Waals surface area contributed by atoms with Gasteiger partial charge in [0.1, 0.15) is 5.75 Å². The first-order valence-electron chi connectivity index (χ1n) is 8.41. The Morgan fingerprint density at radius 2 is 1.74 bits per heavy atom. The van der Waals surface area contributed by atoms with E-state index in [1.165, 1.54) is 7.11 Å². The molecule has 1 N–H and O–H groups in total. The van der Waals surface area contributed by atoms with Gasteiger partial charge in [-0.05, 0) is 29.5 Å². The van der Waals surface area contributed by atoms with Gasteiger partial charge in [-0.1, -0.05) is 26.0 Å². The largest absolute Gasteiger partial charge is 0.497 e. The number of nitrogens with zero attached hydrogens (tertiary/aromatic N) is 1. The van der Waals surface area contributed by atoms with Crippen LogP contribution in [0.4, 0.5) is 13.2 Å². The Hall–Kier alpha value is -2.35. The second kappa shape index (κ2) is 6.09. The molecule has 1 aliphatic carbocycles. The maximum absolute atomic E-state index is 13.6. The molecule has 0 bridgehead atoms. The van der Waals surface area contributed by atoms with Crippen LogP contribution in [0.1, 0.15) is 32.3 Å². The summed E-state index contributed by atoms with van der Waals surface area (Å²) in [5.41, 5.74) is -4.71. The third kappa shape index (κ3) is 3.01. The molecule has 0 fully saturated rings. The highest BCUT2D eigenvalue weighted by Gasteiger charge is 2.70. The van der Waals surface area contributed by atoms with Crippen LogP contribution in [0.5, 0.6) is 5.75 Å². The number of amides is 1. The normalized spacial score (nSPS) is 25.1. The number of rotatable bonds is 3. The second-order valence-corrected chi connectivity index (χ2v) is 7.71. The summed E-state index contributed by atoms with van der Waals surface area (Å²) in [4.78, 5) is 26.0. The molecular weight excluding hydrogens is 363 g/mol. The lowest BCUT2D eigenvalue weighted by molar-refractivity contribution is -0.238. The molecule has 0 radical (unpaired) electrons. The number of aliphatic hydroxyl groups is 1. The fourth-order valence-electron chi connectivity index (χ4n) is 3.70. The van der Waals surface area contributed by atoms with Gasteiger partial charge < -0.3 is 14.7 Å². The van der Waals surface area contributed by atoms with E-state index >= 15 is 0 Å². The zero-order chi connectivity index (χ0) is 20.2. The van der Waals surface area contributed by atoms with Crippen molar-refractivity contribution in [1.29, 1.82) is 0 Å². The van der Waals surface area contributed by atoms with Crippen molar-refractivity contribution in [3.8, 4) is 5.75 Å². The first-order valence-corrected chi connectivity index (χ1v) is 8.41. The van der Waals surface area contributed by atoms with Crippen molar-refractivity contribution in [2.45, 2.75) is 45.0 Å². The monoisotopic (exact) mass is 383 g/mol. The highest BCUT2D eigenvalue weighted by atomic mass is 19.4. The number of Topliss-reactive ketones (excluding diaryl/α,β-unsaturated/α-hetero) is 1. The van der Waals surface area contributed by atoms with Gasteiger partial charge in [0, 0.05) is 12.1 Å². The number of hydrogen-bond donors (Lipinski definition) is 1. The summed E-state index contributed by atoms with van der Waals surface area (Å²) in [5.74, 6) is -1.80. The van der Waals surface area contributed by atoms with Gasteiger partial charge in [0.05, 0.1) is 19.2 Å². The van der Waals surface area contributed by atoms with E-state index in [1.807, 2.05) is 0 Å². The van der Waals surface area contributed by atoms with Gasteiger partial charge in [-0.15, -0.1) is 0 Å². The average Bonchev–Trinajstić information content (AvgIpc) is 2.76. The van der Waals surface area contributed by atoms with Gasteiger partial charge in [-0.2, -0.15) is 13.2 Å². The summed E-state index contributed by atoms with van der Waals surface area (Å²) < 4.78 is 46.0. The van der Waals surface area contributed by atoms with Crippen molar-refractivity contribution >= 4 is 11.7 Å². The lowest BCUT2D eigenvalue weighted by atomic mass is 9.73. The van der Waals surface area contributed by atoms with E-state index in [4.69, 9.17) is 4.74 Å². The number of benzene rings is 1. The van der Waals surface area contributed by atoms with Crippen molar-refractivity contribution in [2.75, 3.05) is 7.11 Å². The van der Waals surface area contributed by atoms with E-state index < -0.39 is 34.5 Å². The van der Waals surface area contributed by atoms with Crippen molar-refractivity contribution in [3.63, 3.8) is 0 Å². The number of methoxy groups -OCH3 is 1. The number of allylic oxidation sites excluding steroid dienone is 1. The summed E-state index contributed by atoms with van der Waals surface area (Å²) in [7, 11) is 1.48. The third-order valence-corrected chi connectivity index (χ3v) is 5.00. The van der Waals surface area contributed by atoms with E-state index in [0.29, 0.717) is 11.3 Å². The van der Waals surface area contributed by atoms with Crippen molar-refractivity contribution in [1.82, 2.24) is 4.90 Å². The molecule has 0 saturated carbocycles. The quantitative estimate of drug-likeness (QED) is 0.872. The molecule has 5 nitrogen and oxygen atoms in total. The van der Waals surface area contributed by atoms with Crippen LogP contribution in [0, 0.1) is 5.41 Å². The van der Waals surface area contributed by atoms with Crippen molar-refractivity contribution in [3.05, 3.63) is 41.1 Å². The van der Waals surface area contributed by atoms with Gasteiger partial charge in [0.15, 0.2) is 5.78 Å². The van der Waals surface area contributed by atoms with Crippen LogP contribution >= 0.6 is 0 Å². The fraction of sp³-hybridized carbons (Fsp3) is 0.474. The van der Waals surface area contributed by atoms with Gasteiger partial charge in [0.25, 0.3) is 11.5 Å². The molecule has 1 aromatic rings. The number of ketones is 1. The van der Waals surface area contributed by atoms with Crippen LogP contribution in [0.3, 0.4) is 0 Å². The Labute approximate surface area is 154 Å². The molecule has 0 aromatic heterocycles. The van der Waals surface area contributed by atoms with Crippen LogP contribution in [0.15, 0.2) is 35.5 Å². The molecule has 1 aliphatic heterocycles. The predicted octanol–water partition coefficient (Wildman–Crippen LogP) is 2.97. The van der Waals surface area contributed by atoms with Crippen LogP contribution in [0.2, 0.25) is 0 Å². The number of carbonyl (C=O) groups is 2.